The van der Waals surface area contributed by atoms with Gasteiger partial charge in [0.15, 0.2) is 0 Å². The predicted octanol–water partition coefficient (Wildman–Crippen LogP) is 2.26. The van der Waals surface area contributed by atoms with Crippen molar-refractivity contribution in [2.75, 3.05) is 39.8 Å². The molecule has 0 bridgehead atoms. The lowest BCUT2D eigenvalue weighted by Gasteiger charge is -2.32. The molecule has 0 atom stereocenters. The number of hydrogen-bond donors (Lipinski definition) is 2. The lowest BCUT2D eigenvalue weighted by atomic mass is 10.1. The molecule has 1 saturated heterocycles. The van der Waals surface area contributed by atoms with Crippen molar-refractivity contribution < 1.29 is 9.59 Å². The van der Waals surface area contributed by atoms with Gasteiger partial charge < -0.3 is 15.5 Å². The second-order valence-electron chi connectivity index (χ2n) is 7.90. The Labute approximate surface area is 179 Å². The summed E-state index contributed by atoms with van der Waals surface area (Å²) < 4.78 is 0. The van der Waals surface area contributed by atoms with E-state index in [-0.39, 0.29) is 11.8 Å². The summed E-state index contributed by atoms with van der Waals surface area (Å²) in [5, 5.41) is 5.83. The molecule has 1 heterocycles. The monoisotopic (exact) mass is 408 g/mol. The highest BCUT2D eigenvalue weighted by molar-refractivity contribution is 5.94. The van der Waals surface area contributed by atoms with Crippen molar-refractivity contribution >= 4 is 11.8 Å². The maximum absolute atomic E-state index is 12.1. The summed E-state index contributed by atoms with van der Waals surface area (Å²) in [6, 6.07) is 17.5. The summed E-state index contributed by atoms with van der Waals surface area (Å²) in [5.41, 5.74) is 3.04. The number of likely N-dealkylation sites (N-methyl/N-ethyl adjacent to an activating group) is 1. The van der Waals surface area contributed by atoms with Gasteiger partial charge in [-0.05, 0) is 36.7 Å². The van der Waals surface area contributed by atoms with Crippen LogP contribution >= 0.6 is 0 Å². The molecule has 1 aliphatic rings. The van der Waals surface area contributed by atoms with Gasteiger partial charge in [0.1, 0.15) is 0 Å². The summed E-state index contributed by atoms with van der Waals surface area (Å²) in [7, 11) is 2.16. The van der Waals surface area contributed by atoms with Crippen molar-refractivity contribution in [2.24, 2.45) is 0 Å². The number of amides is 2. The Kier molecular flexibility index (Phi) is 8.41. The smallest absolute Gasteiger partial charge is 0.251 e. The van der Waals surface area contributed by atoms with Gasteiger partial charge in [-0.15, -0.1) is 0 Å². The van der Waals surface area contributed by atoms with E-state index in [1.807, 2.05) is 24.3 Å². The molecular weight excluding hydrogens is 376 g/mol. The van der Waals surface area contributed by atoms with Crippen LogP contribution in [-0.2, 0) is 17.9 Å². The fourth-order valence-corrected chi connectivity index (χ4v) is 3.53. The fraction of sp³-hybridized carbons (Fsp3) is 0.417. The first kappa shape index (κ1) is 22.0. The Morgan fingerprint density at radius 1 is 0.900 bits per heavy atom. The molecule has 2 aromatic carbocycles. The van der Waals surface area contributed by atoms with Crippen LogP contribution in [-0.4, -0.2) is 61.4 Å². The standard InChI is InChI=1S/C24H32N4O2/c1-27-13-15-28(16-14-27)19-21-8-5-7-20(17-21)18-26-23(29)11-6-12-25-24(30)22-9-3-2-4-10-22/h2-5,7-10,17H,6,11-16,18-19H2,1H3,(H,25,30)(H,26,29). The minimum absolute atomic E-state index is 0.00781. The van der Waals surface area contributed by atoms with Crippen LogP contribution in [0.25, 0.3) is 0 Å². The normalized spacial score (nSPS) is 15.0. The van der Waals surface area contributed by atoms with Crippen molar-refractivity contribution in [3.63, 3.8) is 0 Å². The number of nitrogens with one attached hydrogen (secondary N) is 2. The number of nitrogens with zero attached hydrogens (tertiary/aromatic N) is 2. The number of piperazine rings is 1. The highest BCUT2D eigenvalue weighted by atomic mass is 16.2. The highest BCUT2D eigenvalue weighted by Crippen LogP contribution is 2.10. The molecule has 6 nitrogen and oxygen atoms in total. The molecule has 0 saturated carbocycles. The molecule has 0 unspecified atom stereocenters. The molecule has 1 fully saturated rings. The quantitative estimate of drug-likeness (QED) is 0.625. The second kappa shape index (κ2) is 11.5. The Morgan fingerprint density at radius 2 is 1.63 bits per heavy atom. The molecule has 160 valence electrons. The van der Waals surface area contributed by atoms with Gasteiger partial charge in [0.2, 0.25) is 5.91 Å². The van der Waals surface area contributed by atoms with Crippen LogP contribution < -0.4 is 10.6 Å². The topological polar surface area (TPSA) is 64.7 Å². The Bertz CT molecular complexity index is 817. The van der Waals surface area contributed by atoms with Crippen LogP contribution in [0.3, 0.4) is 0 Å². The number of rotatable bonds is 9. The van der Waals surface area contributed by atoms with Gasteiger partial charge in [-0.3, -0.25) is 14.5 Å². The first-order valence-electron chi connectivity index (χ1n) is 10.7. The summed E-state index contributed by atoms with van der Waals surface area (Å²) in [6.07, 6.45) is 1.02. The zero-order chi connectivity index (χ0) is 21.2. The average Bonchev–Trinajstić information content (AvgIpc) is 2.77. The van der Waals surface area contributed by atoms with Crippen molar-refractivity contribution in [1.82, 2.24) is 20.4 Å². The molecule has 30 heavy (non-hydrogen) atoms. The summed E-state index contributed by atoms with van der Waals surface area (Å²) >= 11 is 0. The van der Waals surface area contributed by atoms with E-state index in [4.69, 9.17) is 0 Å². The van der Waals surface area contributed by atoms with E-state index in [1.54, 1.807) is 12.1 Å². The van der Waals surface area contributed by atoms with Crippen LogP contribution in [0.15, 0.2) is 54.6 Å². The first-order valence-corrected chi connectivity index (χ1v) is 10.7. The third kappa shape index (κ3) is 7.28. The molecule has 3 rings (SSSR count). The molecule has 0 aliphatic carbocycles. The van der Waals surface area contributed by atoms with Crippen molar-refractivity contribution in [3.05, 3.63) is 71.3 Å². The molecule has 0 aromatic heterocycles. The largest absolute Gasteiger partial charge is 0.352 e. The van der Waals surface area contributed by atoms with Crippen LogP contribution in [0.4, 0.5) is 0 Å². The molecule has 1 aliphatic heterocycles. The minimum atomic E-state index is -0.104. The number of hydrogen-bond acceptors (Lipinski definition) is 4. The van der Waals surface area contributed by atoms with E-state index in [0.29, 0.717) is 31.5 Å². The van der Waals surface area contributed by atoms with E-state index in [9.17, 15) is 9.59 Å². The predicted molar refractivity (Wildman–Crippen MR) is 119 cm³/mol. The Balaban J connectivity index is 1.34. The summed E-state index contributed by atoms with van der Waals surface area (Å²) in [6.45, 7) is 6.39. The maximum atomic E-state index is 12.1. The van der Waals surface area contributed by atoms with Crippen molar-refractivity contribution in [1.29, 1.82) is 0 Å². The van der Waals surface area contributed by atoms with Gasteiger partial charge in [-0.1, -0.05) is 42.5 Å². The zero-order valence-electron chi connectivity index (χ0n) is 17.8. The zero-order valence-corrected chi connectivity index (χ0v) is 17.8. The first-order chi connectivity index (χ1) is 14.6. The Hall–Kier alpha value is -2.70. The minimum Gasteiger partial charge on any atom is -0.352 e. The second-order valence-corrected chi connectivity index (χ2v) is 7.90. The van der Waals surface area contributed by atoms with Crippen molar-refractivity contribution in [3.8, 4) is 0 Å². The summed E-state index contributed by atoms with van der Waals surface area (Å²) in [5.74, 6) is -0.0957. The van der Waals surface area contributed by atoms with E-state index in [1.165, 1.54) is 5.56 Å². The van der Waals surface area contributed by atoms with Crippen molar-refractivity contribution in [2.45, 2.75) is 25.9 Å². The van der Waals surface area contributed by atoms with Crippen LogP contribution in [0.5, 0.6) is 0 Å². The van der Waals surface area contributed by atoms with Crippen LogP contribution in [0, 0.1) is 0 Å². The Morgan fingerprint density at radius 3 is 2.40 bits per heavy atom. The number of carbonyl (C=O) groups excluding carboxylic acids is 2. The number of benzene rings is 2. The SMILES string of the molecule is CN1CCN(Cc2cccc(CNC(=O)CCCNC(=O)c3ccccc3)c2)CC1. The summed E-state index contributed by atoms with van der Waals surface area (Å²) in [4.78, 5) is 28.9. The molecule has 0 spiro atoms. The van der Waals surface area contributed by atoms with E-state index in [0.717, 1.165) is 38.3 Å². The third-order valence-electron chi connectivity index (χ3n) is 5.39. The fourth-order valence-electron chi connectivity index (χ4n) is 3.53. The molecule has 2 amide bonds. The lowest BCUT2D eigenvalue weighted by molar-refractivity contribution is -0.121. The lowest BCUT2D eigenvalue weighted by Crippen LogP contribution is -2.43. The van der Waals surface area contributed by atoms with Gasteiger partial charge in [0, 0.05) is 57.8 Å². The molecular formula is C24H32N4O2. The number of carbonyl (C=O) groups is 2. The average molecular weight is 409 g/mol. The van der Waals surface area contributed by atoms with Gasteiger partial charge >= 0.3 is 0 Å². The highest BCUT2D eigenvalue weighted by Gasteiger charge is 2.14. The molecule has 0 radical (unpaired) electrons. The van der Waals surface area contributed by atoms with E-state index >= 15 is 0 Å². The molecule has 2 aromatic rings. The van der Waals surface area contributed by atoms with Gasteiger partial charge in [0.05, 0.1) is 0 Å². The van der Waals surface area contributed by atoms with E-state index < -0.39 is 0 Å². The van der Waals surface area contributed by atoms with Gasteiger partial charge in [-0.2, -0.15) is 0 Å². The molecule has 6 heteroatoms. The van der Waals surface area contributed by atoms with Gasteiger partial charge in [0.25, 0.3) is 5.91 Å². The molecule has 2 N–H and O–H groups in total. The van der Waals surface area contributed by atoms with Crippen LogP contribution in [0.2, 0.25) is 0 Å². The third-order valence-corrected chi connectivity index (χ3v) is 5.39. The van der Waals surface area contributed by atoms with E-state index in [2.05, 4.69) is 45.7 Å². The van der Waals surface area contributed by atoms with Gasteiger partial charge in [-0.25, -0.2) is 0 Å². The van der Waals surface area contributed by atoms with Crippen LogP contribution in [0.1, 0.15) is 34.3 Å². The maximum Gasteiger partial charge on any atom is 0.251 e.